The van der Waals surface area contributed by atoms with E-state index in [0.717, 1.165) is 0 Å². The van der Waals surface area contributed by atoms with E-state index in [-0.39, 0.29) is 92.0 Å². The zero-order valence-corrected chi connectivity index (χ0v) is 12.7. The number of hydrogen-bond donors (Lipinski definition) is 0. The van der Waals surface area contributed by atoms with E-state index in [2.05, 4.69) is 11.2 Å². The molecule has 0 saturated carbocycles. The molecule has 0 spiro atoms. The molecule has 0 unspecified atom stereocenters. The fraction of sp³-hybridized carbons (Fsp3) is 0. The van der Waals surface area contributed by atoms with Crippen LogP contribution in [-0.2, 0) is 20.2 Å². The van der Waals surface area contributed by atoms with Gasteiger partial charge < -0.3 is 42.0 Å². The molecule has 0 bridgehead atoms. The first-order valence-corrected chi connectivity index (χ1v) is 3.00. The second-order valence-corrected chi connectivity index (χ2v) is 2.45. The van der Waals surface area contributed by atoms with Gasteiger partial charge in [-0.2, -0.15) is 0 Å². The molecule has 0 heterocycles. The average molecular weight is 266 g/mol. The Kier molecular flexibility index (Phi) is 231. The molecule has 13 heavy (non-hydrogen) atoms. The Morgan fingerprint density at radius 1 is 0.769 bits per heavy atom. The minimum atomic E-state index is -4.33. The molecule has 0 aliphatic rings. The van der Waals surface area contributed by atoms with E-state index >= 15 is 0 Å². The van der Waals surface area contributed by atoms with E-state index in [4.69, 9.17) is 13.3 Å². The van der Waals surface area contributed by atoms with Crippen LogP contribution in [0.15, 0.2) is 0 Å². The Bertz CT molecular complexity index is 98.8. The third-order valence-corrected chi connectivity index (χ3v) is 0. The van der Waals surface area contributed by atoms with Gasteiger partial charge in [0, 0.05) is 0 Å². The third-order valence-electron chi connectivity index (χ3n) is 0. The summed E-state index contributed by atoms with van der Waals surface area (Å²) in [6.45, 7) is 0. The van der Waals surface area contributed by atoms with E-state index < -0.39 is 9.05 Å². The van der Waals surface area contributed by atoms with Crippen molar-refractivity contribution in [2.24, 2.45) is 0 Å². The Labute approximate surface area is 124 Å². The van der Waals surface area contributed by atoms with Gasteiger partial charge in [0.2, 0.25) is 0 Å². The van der Waals surface area contributed by atoms with Crippen molar-refractivity contribution in [3.63, 3.8) is 0 Å². The quantitative estimate of drug-likeness (QED) is 0.386. The summed E-state index contributed by atoms with van der Waals surface area (Å²) in [7, 11) is -4.33. The normalized spacial score (nSPS) is 4.46. The van der Waals surface area contributed by atoms with Gasteiger partial charge in [-0.05, 0) is 11.2 Å². The molecule has 0 aliphatic heterocycles. The molecule has 0 amide bonds. The van der Waals surface area contributed by atoms with Gasteiger partial charge in [0.15, 0.2) is 0 Å². The van der Waals surface area contributed by atoms with Crippen LogP contribution in [0, 0.1) is 0 Å². The Morgan fingerprint density at radius 3 is 0.769 bits per heavy atom. The van der Waals surface area contributed by atoms with Gasteiger partial charge in [0.1, 0.15) is 0 Å². The fourth-order valence-electron chi connectivity index (χ4n) is 0. The van der Waals surface area contributed by atoms with Gasteiger partial charge in [-0.3, -0.25) is 4.21 Å². The van der Waals surface area contributed by atoms with E-state index in [1.165, 1.54) is 0 Å². The van der Waals surface area contributed by atoms with Crippen molar-refractivity contribution in [1.29, 1.82) is 0 Å². The molecule has 0 radical (unpaired) electrons. The van der Waals surface area contributed by atoms with Crippen LogP contribution in [-0.4, -0.2) is 46.2 Å². The number of hydrogen-bond acceptors (Lipinski definition) is 4. The van der Waals surface area contributed by atoms with E-state index in [0.29, 0.717) is 0 Å². The predicted molar refractivity (Wildman–Crippen MR) is 38.7 cm³/mol. The van der Waals surface area contributed by atoms with Crippen molar-refractivity contribution in [2.75, 3.05) is 0 Å². The average Bonchev–Trinajstić information content (AvgIpc) is 0.722. The monoisotopic (exact) mass is 266 g/mol. The smallest absolute Gasteiger partial charge is 0.780 e. The summed E-state index contributed by atoms with van der Waals surface area (Å²) in [5.74, 6) is 0. The molecule has 9 nitrogen and oxygen atoms in total. The van der Waals surface area contributed by atoms with Crippen molar-refractivity contribution in [3.8, 4) is 0 Å². The molecular weight excluding hydrogens is 254 g/mol. The summed E-state index contributed by atoms with van der Waals surface area (Å²) < 4.78 is 26.7. The maximum absolute atomic E-state index is 8.89. The Balaban J connectivity index is -0.00000000286. The Morgan fingerprint density at radius 2 is 0.769 bits per heavy atom. The van der Waals surface area contributed by atoms with Crippen LogP contribution >= 0.6 is 0 Å². The fourth-order valence-corrected chi connectivity index (χ4v) is 0. The molecular formula is H12Na2O9S2. The SMILES string of the molecule is O.O.O.O.O.O.O=S([O-])([O-])=S.[Na+].[Na+]. The molecule has 0 aromatic heterocycles. The van der Waals surface area contributed by atoms with Crippen molar-refractivity contribution in [1.82, 2.24) is 0 Å². The molecule has 0 rings (SSSR count). The van der Waals surface area contributed by atoms with Gasteiger partial charge in [-0.1, -0.05) is 0 Å². The molecule has 0 aliphatic carbocycles. The Hall–Kier alpha value is 2.05. The molecule has 13 heteroatoms. The standard InChI is InChI=1S/2Na.H2O3S2.6H2O/c;;1-5(2,3)4;;;;;;/h;;(H2,1,2,3,4);6*1H2/q2*+1;;;;;;;/p-2. The van der Waals surface area contributed by atoms with Gasteiger partial charge >= 0.3 is 59.1 Å². The van der Waals surface area contributed by atoms with Crippen molar-refractivity contribution in [3.05, 3.63) is 0 Å². The van der Waals surface area contributed by atoms with Crippen molar-refractivity contribution >= 4 is 20.2 Å². The van der Waals surface area contributed by atoms with Gasteiger partial charge in [0.25, 0.3) is 0 Å². The molecule has 12 N–H and O–H groups in total. The summed E-state index contributed by atoms with van der Waals surface area (Å²) in [6.07, 6.45) is 0. The molecule has 80 valence electrons. The van der Waals surface area contributed by atoms with Crippen molar-refractivity contribution < 1.29 is 105 Å². The minimum absolute atomic E-state index is 0. The van der Waals surface area contributed by atoms with E-state index in [1.54, 1.807) is 0 Å². The molecule has 0 aromatic carbocycles. The maximum Gasteiger partial charge on any atom is 1.00 e. The summed E-state index contributed by atoms with van der Waals surface area (Å²) in [5.41, 5.74) is 0. The summed E-state index contributed by atoms with van der Waals surface area (Å²) in [6, 6.07) is 0. The zero-order valence-electron chi connectivity index (χ0n) is 7.04. The van der Waals surface area contributed by atoms with Crippen LogP contribution in [0.5, 0.6) is 0 Å². The minimum Gasteiger partial charge on any atom is -0.780 e. The van der Waals surface area contributed by atoms with Crippen LogP contribution in [0.25, 0.3) is 0 Å². The molecule has 0 aromatic rings. The molecule has 0 atom stereocenters. The maximum atomic E-state index is 8.89. The summed E-state index contributed by atoms with van der Waals surface area (Å²) >= 11 is 3.24. The van der Waals surface area contributed by atoms with Crippen LogP contribution < -0.4 is 59.1 Å². The van der Waals surface area contributed by atoms with Gasteiger partial charge in [-0.15, -0.1) is 9.05 Å². The predicted octanol–water partition coefficient (Wildman–Crippen LogP) is -11.9. The van der Waals surface area contributed by atoms with Crippen molar-refractivity contribution in [2.45, 2.75) is 0 Å². The van der Waals surface area contributed by atoms with Gasteiger partial charge in [0.05, 0.1) is 0 Å². The van der Waals surface area contributed by atoms with Gasteiger partial charge in [-0.25, -0.2) is 0 Å². The van der Waals surface area contributed by atoms with Crippen LogP contribution in [0.1, 0.15) is 0 Å². The summed E-state index contributed by atoms with van der Waals surface area (Å²) in [5, 5.41) is 0. The largest absolute Gasteiger partial charge is 1.00 e. The van der Waals surface area contributed by atoms with Crippen LogP contribution in [0.2, 0.25) is 0 Å². The number of rotatable bonds is 0. The van der Waals surface area contributed by atoms with Crippen LogP contribution in [0.3, 0.4) is 0 Å². The third kappa shape index (κ3) is 485. The first-order chi connectivity index (χ1) is 2.00. The van der Waals surface area contributed by atoms with Crippen LogP contribution in [0.4, 0.5) is 0 Å². The van der Waals surface area contributed by atoms with E-state index in [1.807, 2.05) is 0 Å². The molecule has 0 saturated heterocycles. The second-order valence-electron chi connectivity index (χ2n) is 0.408. The zero-order chi connectivity index (χ0) is 4.50. The topological polar surface area (TPSA) is 252 Å². The molecule has 0 fully saturated rings. The first-order valence-electron chi connectivity index (χ1n) is 0.667. The first kappa shape index (κ1) is 81.2. The summed E-state index contributed by atoms with van der Waals surface area (Å²) in [4.78, 5) is 0. The second kappa shape index (κ2) is 36.9. The van der Waals surface area contributed by atoms with E-state index in [9.17, 15) is 0 Å².